The normalized spacial score (nSPS) is 38.6. The molecule has 2 atom stereocenters. The molecule has 0 saturated carbocycles. The molecule has 3 nitrogen and oxygen atoms in total. The molecular weight excluding hydrogens is 210 g/mol. The SMILES string of the molecule is [2H]C1([2H])N(C)c2cccc3c2N([C@H]2CC=NC[C@@H]32)C1([2H])[2H]. The molecule has 1 aromatic carbocycles. The van der Waals surface area contributed by atoms with Crippen LogP contribution >= 0.6 is 0 Å². The molecule has 4 rings (SSSR count). The summed E-state index contributed by atoms with van der Waals surface area (Å²) in [6, 6.07) is 5.79. The van der Waals surface area contributed by atoms with E-state index in [2.05, 4.69) is 4.99 Å². The minimum atomic E-state index is -2.08. The van der Waals surface area contributed by atoms with E-state index in [1.165, 1.54) is 4.90 Å². The quantitative estimate of drug-likeness (QED) is 0.679. The Morgan fingerprint density at radius 3 is 3.29 bits per heavy atom. The summed E-state index contributed by atoms with van der Waals surface area (Å²) in [5.41, 5.74) is 2.71. The number of benzene rings is 1. The Hall–Kier alpha value is -1.51. The minimum absolute atomic E-state index is 0.0441. The molecule has 0 saturated heterocycles. The lowest BCUT2D eigenvalue weighted by Gasteiger charge is -2.38. The van der Waals surface area contributed by atoms with E-state index in [9.17, 15) is 0 Å². The third kappa shape index (κ3) is 1.14. The van der Waals surface area contributed by atoms with E-state index in [1.807, 2.05) is 24.4 Å². The van der Waals surface area contributed by atoms with Gasteiger partial charge in [-0.3, -0.25) is 4.99 Å². The lowest BCUT2D eigenvalue weighted by molar-refractivity contribution is 0.527. The Labute approximate surface area is 107 Å². The lowest BCUT2D eigenvalue weighted by atomic mass is 9.91. The van der Waals surface area contributed by atoms with E-state index in [0.29, 0.717) is 13.0 Å². The zero-order valence-corrected chi connectivity index (χ0v) is 9.72. The average molecular weight is 231 g/mol. The molecule has 0 aliphatic carbocycles. The van der Waals surface area contributed by atoms with Crippen LogP contribution in [0.1, 0.15) is 23.4 Å². The highest BCUT2D eigenvalue weighted by molar-refractivity contribution is 5.82. The summed E-state index contributed by atoms with van der Waals surface area (Å²) in [6.07, 6.45) is 2.51. The number of rotatable bonds is 0. The van der Waals surface area contributed by atoms with E-state index in [-0.39, 0.29) is 12.0 Å². The number of likely N-dealkylation sites (N-methyl/N-ethyl adjacent to an activating group) is 1. The van der Waals surface area contributed by atoms with Crippen LogP contribution in [-0.2, 0) is 0 Å². The van der Waals surface area contributed by atoms with Gasteiger partial charge in [0.2, 0.25) is 0 Å². The topological polar surface area (TPSA) is 18.8 Å². The standard InChI is InChI=1S/C14H17N3/c1-16-7-8-17-12-5-6-15-9-11(12)10-3-2-4-13(16)14(10)17/h2-4,6,11-12H,5,7-9H2,1H3/t11-,12-/m0/s1/i7D2,8D2. The average Bonchev–Trinajstić information content (AvgIpc) is 2.80. The Bertz CT molecular complexity index is 643. The Kier molecular flexibility index (Phi) is 1.23. The Morgan fingerprint density at radius 1 is 1.41 bits per heavy atom. The van der Waals surface area contributed by atoms with Crippen LogP contribution in [0.2, 0.25) is 0 Å². The van der Waals surface area contributed by atoms with Crippen LogP contribution in [0.25, 0.3) is 0 Å². The summed E-state index contributed by atoms with van der Waals surface area (Å²) < 4.78 is 33.4. The second-order valence-electron chi connectivity index (χ2n) is 4.82. The second kappa shape index (κ2) is 3.25. The number of hydrogen-bond donors (Lipinski definition) is 0. The summed E-state index contributed by atoms with van der Waals surface area (Å²) in [5, 5.41) is 0. The van der Waals surface area contributed by atoms with Crippen molar-refractivity contribution in [3.05, 3.63) is 23.8 Å². The Balaban J connectivity index is 2.01. The molecule has 0 radical (unpaired) electrons. The monoisotopic (exact) mass is 231 g/mol. The predicted molar refractivity (Wildman–Crippen MR) is 71.6 cm³/mol. The number of hydrogen-bond acceptors (Lipinski definition) is 3. The highest BCUT2D eigenvalue weighted by atomic mass is 15.3. The number of anilines is 2. The summed E-state index contributed by atoms with van der Waals surface area (Å²) >= 11 is 0. The highest BCUT2D eigenvalue weighted by Gasteiger charge is 2.42. The predicted octanol–water partition coefficient (Wildman–Crippen LogP) is 1.88. The molecule has 3 heteroatoms. The van der Waals surface area contributed by atoms with Crippen molar-refractivity contribution >= 4 is 17.6 Å². The van der Waals surface area contributed by atoms with Crippen molar-refractivity contribution in [3.8, 4) is 0 Å². The molecule has 0 fully saturated rings. The molecule has 1 aromatic rings. The van der Waals surface area contributed by atoms with E-state index in [0.717, 1.165) is 16.9 Å². The molecular formula is C14H17N3. The van der Waals surface area contributed by atoms with Crippen molar-refractivity contribution in [2.75, 3.05) is 36.4 Å². The maximum absolute atomic E-state index is 8.44. The fourth-order valence-electron chi connectivity index (χ4n) is 3.12. The first kappa shape index (κ1) is 6.43. The molecule has 3 aliphatic heterocycles. The van der Waals surface area contributed by atoms with Gasteiger partial charge in [-0.25, -0.2) is 0 Å². The van der Waals surface area contributed by atoms with Crippen molar-refractivity contribution < 1.29 is 5.48 Å². The molecule has 0 amide bonds. The largest absolute Gasteiger partial charge is 0.371 e. The maximum Gasteiger partial charge on any atom is 0.0644 e. The summed E-state index contributed by atoms with van der Waals surface area (Å²) in [4.78, 5) is 7.46. The third-order valence-electron chi connectivity index (χ3n) is 3.96. The van der Waals surface area contributed by atoms with Gasteiger partial charge < -0.3 is 9.80 Å². The number of aliphatic imine (C=N–C) groups is 1. The molecule has 0 unspecified atom stereocenters. The fourth-order valence-corrected chi connectivity index (χ4v) is 3.12. The number of para-hydroxylation sites is 1. The van der Waals surface area contributed by atoms with Gasteiger partial charge in [0, 0.05) is 51.2 Å². The first-order chi connectivity index (χ1) is 9.87. The van der Waals surface area contributed by atoms with Crippen LogP contribution in [0.15, 0.2) is 23.2 Å². The van der Waals surface area contributed by atoms with Crippen molar-refractivity contribution in [3.63, 3.8) is 0 Å². The maximum atomic E-state index is 8.44. The van der Waals surface area contributed by atoms with Gasteiger partial charge in [-0.2, -0.15) is 0 Å². The van der Waals surface area contributed by atoms with Gasteiger partial charge in [0.25, 0.3) is 0 Å². The first-order valence-corrected chi connectivity index (χ1v) is 6.02. The van der Waals surface area contributed by atoms with Gasteiger partial charge in [0.05, 0.1) is 16.9 Å². The van der Waals surface area contributed by atoms with Crippen molar-refractivity contribution in [1.82, 2.24) is 0 Å². The second-order valence-corrected chi connectivity index (χ2v) is 4.82. The Morgan fingerprint density at radius 2 is 2.35 bits per heavy atom. The third-order valence-corrected chi connectivity index (χ3v) is 3.96. The van der Waals surface area contributed by atoms with Crippen LogP contribution in [0.4, 0.5) is 11.4 Å². The highest BCUT2D eigenvalue weighted by Crippen LogP contribution is 2.49. The van der Waals surface area contributed by atoms with Crippen molar-refractivity contribution in [2.24, 2.45) is 4.99 Å². The first-order valence-electron chi connectivity index (χ1n) is 8.02. The van der Waals surface area contributed by atoms with Crippen molar-refractivity contribution in [1.29, 1.82) is 0 Å². The van der Waals surface area contributed by atoms with Crippen LogP contribution in [0.3, 0.4) is 0 Å². The van der Waals surface area contributed by atoms with Crippen LogP contribution in [0, 0.1) is 0 Å². The molecule has 0 bridgehead atoms. The van der Waals surface area contributed by atoms with E-state index >= 15 is 0 Å². The molecule has 0 aromatic heterocycles. The van der Waals surface area contributed by atoms with Gasteiger partial charge in [0.1, 0.15) is 0 Å². The molecule has 3 aliphatic rings. The van der Waals surface area contributed by atoms with Gasteiger partial charge in [-0.1, -0.05) is 12.1 Å². The molecule has 88 valence electrons. The van der Waals surface area contributed by atoms with Crippen molar-refractivity contribution in [2.45, 2.75) is 18.4 Å². The summed E-state index contributed by atoms with van der Waals surface area (Å²) in [5.74, 6) is 0.155. The molecule has 0 spiro atoms. The minimum Gasteiger partial charge on any atom is -0.371 e. The van der Waals surface area contributed by atoms with Gasteiger partial charge >= 0.3 is 0 Å². The summed E-state index contributed by atoms with van der Waals surface area (Å²) in [6.45, 7) is -3.50. The van der Waals surface area contributed by atoms with E-state index < -0.39 is 13.0 Å². The number of fused-ring (bicyclic) bond motifs is 3. The van der Waals surface area contributed by atoms with Gasteiger partial charge in [-0.15, -0.1) is 0 Å². The zero-order chi connectivity index (χ0) is 15.0. The fraction of sp³-hybridized carbons (Fsp3) is 0.500. The molecule has 3 heterocycles. The van der Waals surface area contributed by atoms with E-state index in [1.54, 1.807) is 11.9 Å². The number of nitrogens with zero attached hydrogens (tertiary/aromatic N) is 3. The lowest BCUT2D eigenvalue weighted by Crippen LogP contribution is -2.44. The molecule has 0 N–H and O–H groups in total. The zero-order valence-electron chi connectivity index (χ0n) is 13.7. The van der Waals surface area contributed by atoms with Crippen LogP contribution < -0.4 is 9.80 Å². The van der Waals surface area contributed by atoms with Gasteiger partial charge in [0.15, 0.2) is 0 Å². The molecule has 17 heavy (non-hydrogen) atoms. The van der Waals surface area contributed by atoms with Crippen LogP contribution in [-0.4, -0.2) is 38.8 Å². The van der Waals surface area contributed by atoms with Crippen LogP contribution in [0.5, 0.6) is 0 Å². The van der Waals surface area contributed by atoms with E-state index in [4.69, 9.17) is 5.48 Å². The van der Waals surface area contributed by atoms with Gasteiger partial charge in [-0.05, 0) is 11.6 Å². The summed E-state index contributed by atoms with van der Waals surface area (Å²) in [7, 11) is 1.63. The smallest absolute Gasteiger partial charge is 0.0644 e.